The zero-order valence-corrected chi connectivity index (χ0v) is 20.9. The van der Waals surface area contributed by atoms with Crippen molar-refractivity contribution in [1.82, 2.24) is 30.6 Å². The molecule has 35 heavy (non-hydrogen) atoms. The number of H-pyrrole nitrogens is 1. The van der Waals surface area contributed by atoms with Crippen LogP contribution in [0.4, 0.5) is 5.00 Å². The third kappa shape index (κ3) is 4.45. The first-order valence-electron chi connectivity index (χ1n) is 11.7. The number of carbonyl (C=O) groups excluding carboxylic acids is 1. The second-order valence-electron chi connectivity index (χ2n) is 8.61. The van der Waals surface area contributed by atoms with Crippen LogP contribution in [0.15, 0.2) is 42.7 Å². The number of carbonyl (C=O) groups is 1. The number of anilines is 1. The lowest BCUT2D eigenvalue weighted by Gasteiger charge is -2.13. The summed E-state index contributed by atoms with van der Waals surface area (Å²) in [6.07, 6.45) is 4.89. The second-order valence-corrected chi connectivity index (χ2v) is 10.7. The summed E-state index contributed by atoms with van der Waals surface area (Å²) in [6.45, 7) is 4.36. The summed E-state index contributed by atoms with van der Waals surface area (Å²) in [7, 11) is 0. The summed E-state index contributed by atoms with van der Waals surface area (Å²) in [5.74, 6) is 0.863. The van der Waals surface area contributed by atoms with Gasteiger partial charge in [0.25, 0.3) is 0 Å². The highest BCUT2D eigenvalue weighted by molar-refractivity contribution is 7.22. The van der Waals surface area contributed by atoms with Crippen LogP contribution >= 0.6 is 22.7 Å². The van der Waals surface area contributed by atoms with Crippen LogP contribution in [0.25, 0.3) is 31.8 Å². The number of thiazole rings is 1. The number of nitrogens with one attached hydrogen (secondary N) is 4. The van der Waals surface area contributed by atoms with Gasteiger partial charge in [0.1, 0.15) is 21.3 Å². The van der Waals surface area contributed by atoms with E-state index >= 15 is 0 Å². The molecular weight excluding hydrogens is 478 g/mol. The number of imidazole rings is 1. The average molecular weight is 504 g/mol. The number of hydrogen-bond acceptors (Lipinski definition) is 8. The standard InChI is InChI=1S/C25H25N7OS2/c1-14(23-29-16-4-2-3-5-17(16)30-23)28-11-8-21(33)32-25-22(15-6-9-27-13-20(15)35-25)24-31-18-12-26-10-7-19(18)34-24/h2-5,7,10,12,14,27-28H,6,8-9,11,13H2,1H3,(H,29,30)(H,32,33). The second kappa shape index (κ2) is 9.46. The van der Waals surface area contributed by atoms with E-state index in [-0.39, 0.29) is 11.9 Å². The monoisotopic (exact) mass is 503 g/mol. The minimum atomic E-state index is -0.00936. The Hall–Kier alpha value is -3.18. The summed E-state index contributed by atoms with van der Waals surface area (Å²) in [4.78, 5) is 31.2. The fourth-order valence-corrected chi connectivity index (χ4v) is 6.71. The van der Waals surface area contributed by atoms with Gasteiger partial charge in [-0.1, -0.05) is 12.1 Å². The first-order chi connectivity index (χ1) is 17.2. The molecule has 1 aliphatic heterocycles. The molecule has 5 heterocycles. The largest absolute Gasteiger partial charge is 0.341 e. The SMILES string of the molecule is CC(NCCC(=O)Nc1sc2c(c1-c1nc3cnccc3s1)CCNC2)c1nc2ccccc2[nH]1. The number of aromatic amines is 1. The molecule has 1 aromatic carbocycles. The van der Waals surface area contributed by atoms with Crippen molar-refractivity contribution in [2.75, 3.05) is 18.4 Å². The van der Waals surface area contributed by atoms with Crippen LogP contribution in [0.1, 0.15) is 35.7 Å². The van der Waals surface area contributed by atoms with Crippen LogP contribution in [0.3, 0.4) is 0 Å². The smallest absolute Gasteiger partial charge is 0.226 e. The Morgan fingerprint density at radius 3 is 2.97 bits per heavy atom. The summed E-state index contributed by atoms with van der Waals surface area (Å²) in [6, 6.07) is 9.98. The molecule has 10 heteroatoms. The summed E-state index contributed by atoms with van der Waals surface area (Å²) in [5, 5.41) is 11.9. The molecule has 1 atom stereocenters. The fourth-order valence-electron chi connectivity index (χ4n) is 4.40. The molecule has 1 unspecified atom stereocenters. The third-order valence-electron chi connectivity index (χ3n) is 6.21. The molecule has 0 aliphatic carbocycles. The number of para-hydroxylation sites is 2. The van der Waals surface area contributed by atoms with Crippen molar-refractivity contribution < 1.29 is 4.79 Å². The van der Waals surface area contributed by atoms with Crippen LogP contribution < -0.4 is 16.0 Å². The Morgan fingerprint density at radius 1 is 1.17 bits per heavy atom. The van der Waals surface area contributed by atoms with Crippen molar-refractivity contribution in [3.63, 3.8) is 0 Å². The lowest BCUT2D eigenvalue weighted by atomic mass is 10.0. The van der Waals surface area contributed by atoms with Crippen molar-refractivity contribution in [2.45, 2.75) is 32.4 Å². The van der Waals surface area contributed by atoms with E-state index in [1.54, 1.807) is 35.1 Å². The molecular formula is C25H25N7OS2. The van der Waals surface area contributed by atoms with Gasteiger partial charge >= 0.3 is 0 Å². The van der Waals surface area contributed by atoms with Gasteiger partial charge in [0.15, 0.2) is 0 Å². The van der Waals surface area contributed by atoms with E-state index in [1.165, 1.54) is 10.4 Å². The van der Waals surface area contributed by atoms with E-state index in [2.05, 4.69) is 37.8 Å². The molecule has 8 nitrogen and oxygen atoms in total. The zero-order chi connectivity index (χ0) is 23.8. The number of benzene rings is 1. The molecule has 4 N–H and O–H groups in total. The highest BCUT2D eigenvalue weighted by atomic mass is 32.1. The number of fused-ring (bicyclic) bond motifs is 3. The summed E-state index contributed by atoms with van der Waals surface area (Å²) in [5.41, 5.74) is 5.23. The van der Waals surface area contributed by atoms with Gasteiger partial charge in [-0.2, -0.15) is 0 Å². The number of rotatable bonds is 7. The minimum absolute atomic E-state index is 0.00936. The maximum Gasteiger partial charge on any atom is 0.226 e. The Balaban J connectivity index is 1.16. The van der Waals surface area contributed by atoms with Crippen molar-refractivity contribution in [3.8, 4) is 10.6 Å². The van der Waals surface area contributed by atoms with Gasteiger partial charge in [-0.15, -0.1) is 22.7 Å². The number of aromatic nitrogens is 4. The first-order valence-corrected chi connectivity index (χ1v) is 13.3. The van der Waals surface area contributed by atoms with Gasteiger partial charge in [-0.25, -0.2) is 9.97 Å². The van der Waals surface area contributed by atoms with E-state index in [0.29, 0.717) is 13.0 Å². The molecule has 0 bridgehead atoms. The summed E-state index contributed by atoms with van der Waals surface area (Å²) < 4.78 is 1.10. The number of pyridine rings is 1. The molecule has 178 valence electrons. The number of amides is 1. The van der Waals surface area contributed by atoms with Crippen molar-refractivity contribution in [2.24, 2.45) is 0 Å². The maximum atomic E-state index is 12.9. The highest BCUT2D eigenvalue weighted by Gasteiger charge is 2.25. The normalized spacial score (nSPS) is 14.3. The number of thiophene rings is 1. The van der Waals surface area contributed by atoms with E-state index in [0.717, 1.165) is 62.2 Å². The van der Waals surface area contributed by atoms with Gasteiger partial charge < -0.3 is 20.9 Å². The molecule has 0 fully saturated rings. The Bertz CT molecular complexity index is 1450. The minimum Gasteiger partial charge on any atom is -0.341 e. The van der Waals surface area contributed by atoms with E-state index in [4.69, 9.17) is 4.98 Å². The Morgan fingerprint density at radius 2 is 2.09 bits per heavy atom. The quantitative estimate of drug-likeness (QED) is 0.258. The average Bonchev–Trinajstić information content (AvgIpc) is 3.57. The molecule has 0 radical (unpaired) electrons. The fraction of sp³-hybridized carbons (Fsp3) is 0.280. The predicted octanol–water partition coefficient (Wildman–Crippen LogP) is 4.62. The Labute approximate surface area is 210 Å². The van der Waals surface area contributed by atoms with Crippen LogP contribution in [0.5, 0.6) is 0 Å². The molecule has 6 rings (SSSR count). The van der Waals surface area contributed by atoms with E-state index < -0.39 is 0 Å². The third-order valence-corrected chi connectivity index (χ3v) is 8.41. The highest BCUT2D eigenvalue weighted by Crippen LogP contribution is 2.44. The van der Waals surface area contributed by atoms with Crippen molar-refractivity contribution >= 4 is 54.8 Å². The van der Waals surface area contributed by atoms with Crippen molar-refractivity contribution in [3.05, 3.63) is 59.0 Å². The first kappa shape index (κ1) is 22.3. The molecule has 4 aromatic heterocycles. The van der Waals surface area contributed by atoms with Crippen LogP contribution in [-0.2, 0) is 17.8 Å². The molecule has 5 aromatic rings. The van der Waals surface area contributed by atoms with Gasteiger partial charge in [-0.05, 0) is 43.7 Å². The van der Waals surface area contributed by atoms with Crippen molar-refractivity contribution in [1.29, 1.82) is 0 Å². The van der Waals surface area contributed by atoms with E-state index in [1.807, 2.05) is 30.3 Å². The number of hydrogen-bond donors (Lipinski definition) is 4. The predicted molar refractivity (Wildman–Crippen MR) is 142 cm³/mol. The molecule has 0 saturated carbocycles. The van der Waals surface area contributed by atoms with Crippen LogP contribution in [-0.4, -0.2) is 38.9 Å². The van der Waals surface area contributed by atoms with Gasteiger partial charge in [-0.3, -0.25) is 9.78 Å². The number of nitrogens with zero attached hydrogens (tertiary/aromatic N) is 3. The van der Waals surface area contributed by atoms with Gasteiger partial charge in [0.05, 0.1) is 28.0 Å². The summed E-state index contributed by atoms with van der Waals surface area (Å²) >= 11 is 3.31. The van der Waals surface area contributed by atoms with Gasteiger partial charge in [0.2, 0.25) is 5.91 Å². The lowest BCUT2D eigenvalue weighted by molar-refractivity contribution is -0.116. The topological polar surface area (TPSA) is 108 Å². The lowest BCUT2D eigenvalue weighted by Crippen LogP contribution is -2.25. The van der Waals surface area contributed by atoms with Crippen LogP contribution in [0, 0.1) is 0 Å². The maximum absolute atomic E-state index is 12.9. The van der Waals surface area contributed by atoms with Crippen LogP contribution in [0.2, 0.25) is 0 Å². The molecule has 1 amide bonds. The molecule has 0 spiro atoms. The zero-order valence-electron chi connectivity index (χ0n) is 19.2. The Kier molecular flexibility index (Phi) is 6.03. The van der Waals surface area contributed by atoms with Gasteiger partial charge in [0, 0.05) is 36.1 Å². The van der Waals surface area contributed by atoms with E-state index in [9.17, 15) is 4.79 Å². The molecule has 0 saturated heterocycles. The molecule has 1 aliphatic rings.